The van der Waals surface area contributed by atoms with Gasteiger partial charge in [-0.25, -0.2) is 0 Å². The van der Waals surface area contributed by atoms with Gasteiger partial charge >= 0.3 is 0 Å². The first-order valence-electron chi connectivity index (χ1n) is 5.59. The highest BCUT2D eigenvalue weighted by Gasteiger charge is 2.19. The molecular formula is C11H25N3O. The van der Waals surface area contributed by atoms with Gasteiger partial charge in [-0.1, -0.05) is 32.9 Å². The first-order chi connectivity index (χ1) is 6.88. The van der Waals surface area contributed by atoms with Crippen LogP contribution in [0.15, 0.2) is 5.16 Å². The number of hydrogen-bond acceptors (Lipinski definition) is 3. The third-order valence-corrected chi connectivity index (χ3v) is 2.29. The predicted molar refractivity (Wildman–Crippen MR) is 64.1 cm³/mol. The number of oxime groups is 1. The summed E-state index contributed by atoms with van der Waals surface area (Å²) in [5.41, 5.74) is 5.63. The summed E-state index contributed by atoms with van der Waals surface area (Å²) in [5.74, 6) is 1.45. The van der Waals surface area contributed by atoms with Crippen LogP contribution in [0.1, 0.15) is 34.6 Å². The van der Waals surface area contributed by atoms with Gasteiger partial charge in [-0.2, -0.15) is 0 Å². The molecule has 0 aliphatic carbocycles. The van der Waals surface area contributed by atoms with E-state index in [1.807, 2.05) is 6.92 Å². The lowest BCUT2D eigenvalue weighted by molar-refractivity contribution is 0.197. The Kier molecular flexibility index (Phi) is 6.32. The van der Waals surface area contributed by atoms with Crippen LogP contribution in [-0.2, 0) is 0 Å². The number of nitrogens with two attached hydrogens (primary N) is 1. The van der Waals surface area contributed by atoms with Crippen LogP contribution >= 0.6 is 0 Å². The molecule has 0 aromatic heterocycles. The van der Waals surface area contributed by atoms with E-state index in [-0.39, 0.29) is 11.9 Å². The van der Waals surface area contributed by atoms with E-state index in [9.17, 15) is 0 Å². The Morgan fingerprint density at radius 2 is 1.53 bits per heavy atom. The number of nitrogens with zero attached hydrogens (tertiary/aromatic N) is 2. The smallest absolute Gasteiger partial charge is 0.156 e. The summed E-state index contributed by atoms with van der Waals surface area (Å²) in [6.45, 7) is 12.6. The van der Waals surface area contributed by atoms with Gasteiger partial charge in [0.1, 0.15) is 0 Å². The van der Waals surface area contributed by atoms with Crippen molar-refractivity contribution in [2.45, 2.75) is 40.7 Å². The topological polar surface area (TPSA) is 61.8 Å². The molecule has 0 saturated heterocycles. The molecule has 3 N–H and O–H groups in total. The van der Waals surface area contributed by atoms with Crippen molar-refractivity contribution in [2.24, 2.45) is 22.7 Å². The summed E-state index contributed by atoms with van der Waals surface area (Å²) in [6, 6.07) is -0.000185. The highest BCUT2D eigenvalue weighted by molar-refractivity contribution is 5.84. The molecule has 1 atom stereocenters. The minimum atomic E-state index is -0.000185. The SMILES string of the molecule is CC(C)CN(CC(C)C)C(C)C(N)=NO. The molecule has 0 fully saturated rings. The maximum atomic E-state index is 8.66. The maximum Gasteiger partial charge on any atom is 0.156 e. The van der Waals surface area contributed by atoms with Crippen molar-refractivity contribution in [3.63, 3.8) is 0 Å². The number of amidine groups is 1. The number of hydrogen-bond donors (Lipinski definition) is 2. The highest BCUT2D eigenvalue weighted by atomic mass is 16.4. The fourth-order valence-electron chi connectivity index (χ4n) is 1.60. The van der Waals surface area contributed by atoms with Crippen molar-refractivity contribution >= 4 is 5.84 Å². The molecule has 0 bridgehead atoms. The summed E-state index contributed by atoms with van der Waals surface area (Å²) in [6.07, 6.45) is 0. The van der Waals surface area contributed by atoms with Gasteiger partial charge in [0.05, 0.1) is 6.04 Å². The molecule has 4 nitrogen and oxygen atoms in total. The Balaban J connectivity index is 4.47. The zero-order valence-electron chi connectivity index (χ0n) is 10.6. The van der Waals surface area contributed by atoms with Gasteiger partial charge in [0, 0.05) is 13.1 Å². The van der Waals surface area contributed by atoms with Gasteiger partial charge in [-0.15, -0.1) is 0 Å². The van der Waals surface area contributed by atoms with Gasteiger partial charge in [0.15, 0.2) is 5.84 Å². The first-order valence-corrected chi connectivity index (χ1v) is 5.59. The Labute approximate surface area is 93.1 Å². The summed E-state index contributed by atoms with van der Waals surface area (Å²) >= 11 is 0. The van der Waals surface area contributed by atoms with E-state index in [2.05, 4.69) is 37.8 Å². The molecule has 0 aromatic carbocycles. The van der Waals surface area contributed by atoms with Gasteiger partial charge in [-0.05, 0) is 18.8 Å². The zero-order valence-corrected chi connectivity index (χ0v) is 10.6. The second-order valence-corrected chi connectivity index (χ2v) is 4.94. The maximum absolute atomic E-state index is 8.66. The van der Waals surface area contributed by atoms with Crippen molar-refractivity contribution in [3.05, 3.63) is 0 Å². The molecule has 0 aliphatic rings. The summed E-state index contributed by atoms with van der Waals surface area (Å²) < 4.78 is 0. The molecule has 0 amide bonds. The average molecular weight is 215 g/mol. The number of rotatable bonds is 6. The predicted octanol–water partition coefficient (Wildman–Crippen LogP) is 1.74. The van der Waals surface area contributed by atoms with Crippen LogP contribution in [0.2, 0.25) is 0 Å². The van der Waals surface area contributed by atoms with Crippen LogP contribution in [0.5, 0.6) is 0 Å². The molecule has 0 aromatic rings. The Morgan fingerprint density at radius 3 is 1.80 bits per heavy atom. The van der Waals surface area contributed by atoms with Gasteiger partial charge in [0.2, 0.25) is 0 Å². The lowest BCUT2D eigenvalue weighted by Gasteiger charge is -2.31. The van der Waals surface area contributed by atoms with Crippen molar-refractivity contribution in [2.75, 3.05) is 13.1 Å². The Morgan fingerprint density at radius 1 is 1.13 bits per heavy atom. The molecule has 0 rings (SSSR count). The standard InChI is InChI=1S/C11H25N3O/c1-8(2)6-14(7-9(3)4)10(5)11(12)13-15/h8-10,15H,6-7H2,1-5H3,(H2,12,13). The monoisotopic (exact) mass is 215 g/mol. The molecule has 4 heteroatoms. The van der Waals surface area contributed by atoms with E-state index in [1.165, 1.54) is 0 Å². The minimum absolute atomic E-state index is 0.000185. The molecular weight excluding hydrogens is 190 g/mol. The third-order valence-electron chi connectivity index (χ3n) is 2.29. The Hall–Kier alpha value is -0.770. The fourth-order valence-corrected chi connectivity index (χ4v) is 1.60. The summed E-state index contributed by atoms with van der Waals surface area (Å²) in [4.78, 5) is 2.25. The summed E-state index contributed by atoms with van der Waals surface area (Å²) in [7, 11) is 0. The highest BCUT2D eigenvalue weighted by Crippen LogP contribution is 2.08. The van der Waals surface area contributed by atoms with Crippen LogP contribution in [0.4, 0.5) is 0 Å². The average Bonchev–Trinajstić information content (AvgIpc) is 2.13. The molecule has 15 heavy (non-hydrogen) atoms. The van der Waals surface area contributed by atoms with Crippen LogP contribution < -0.4 is 5.73 Å². The third kappa shape index (κ3) is 5.62. The van der Waals surface area contributed by atoms with Crippen molar-refractivity contribution in [1.82, 2.24) is 4.90 Å². The molecule has 0 spiro atoms. The summed E-state index contributed by atoms with van der Waals surface area (Å²) in [5, 5.41) is 11.7. The molecule has 90 valence electrons. The molecule has 0 saturated carbocycles. The van der Waals surface area contributed by atoms with Crippen LogP contribution in [-0.4, -0.2) is 35.1 Å². The van der Waals surface area contributed by atoms with Gasteiger partial charge in [0.25, 0.3) is 0 Å². The van der Waals surface area contributed by atoms with Crippen LogP contribution in [0, 0.1) is 11.8 Å². The van der Waals surface area contributed by atoms with Crippen molar-refractivity contribution in [3.8, 4) is 0 Å². The van der Waals surface area contributed by atoms with E-state index in [0.29, 0.717) is 11.8 Å². The fraction of sp³-hybridized carbons (Fsp3) is 0.909. The van der Waals surface area contributed by atoms with E-state index in [1.54, 1.807) is 0 Å². The molecule has 0 aliphatic heterocycles. The second kappa shape index (κ2) is 6.67. The first kappa shape index (κ1) is 14.2. The van der Waals surface area contributed by atoms with E-state index in [0.717, 1.165) is 13.1 Å². The van der Waals surface area contributed by atoms with E-state index >= 15 is 0 Å². The lowest BCUT2D eigenvalue weighted by atomic mass is 10.1. The molecule has 1 unspecified atom stereocenters. The van der Waals surface area contributed by atoms with E-state index in [4.69, 9.17) is 10.9 Å². The minimum Gasteiger partial charge on any atom is -0.409 e. The quantitative estimate of drug-likeness (QED) is 0.307. The van der Waals surface area contributed by atoms with Crippen molar-refractivity contribution in [1.29, 1.82) is 0 Å². The normalized spacial score (nSPS) is 15.3. The second-order valence-electron chi connectivity index (χ2n) is 4.94. The zero-order chi connectivity index (χ0) is 12.0. The Bertz CT molecular complexity index is 192. The molecule has 0 heterocycles. The van der Waals surface area contributed by atoms with Crippen LogP contribution in [0.3, 0.4) is 0 Å². The largest absolute Gasteiger partial charge is 0.409 e. The van der Waals surface area contributed by atoms with Gasteiger partial charge < -0.3 is 10.9 Å². The van der Waals surface area contributed by atoms with Crippen LogP contribution in [0.25, 0.3) is 0 Å². The van der Waals surface area contributed by atoms with Gasteiger partial charge in [-0.3, -0.25) is 4.90 Å². The lowest BCUT2D eigenvalue weighted by Crippen LogP contribution is -2.46. The van der Waals surface area contributed by atoms with E-state index < -0.39 is 0 Å². The molecule has 0 radical (unpaired) electrons. The van der Waals surface area contributed by atoms with Crippen molar-refractivity contribution < 1.29 is 5.21 Å².